The van der Waals surface area contributed by atoms with Gasteiger partial charge in [0.2, 0.25) is 0 Å². The molecule has 0 N–H and O–H groups in total. The van der Waals surface area contributed by atoms with Crippen molar-refractivity contribution in [3.8, 4) is 5.75 Å². The van der Waals surface area contributed by atoms with Crippen LogP contribution in [0.4, 0.5) is 18.9 Å². The van der Waals surface area contributed by atoms with E-state index in [-0.39, 0.29) is 42.9 Å². The van der Waals surface area contributed by atoms with Gasteiger partial charge in [0.05, 0.1) is 28.9 Å². The number of carbonyl (C=O) groups excluding carboxylic acids is 1. The van der Waals surface area contributed by atoms with Crippen LogP contribution in [0.5, 0.6) is 5.75 Å². The zero-order valence-electron chi connectivity index (χ0n) is 18.7. The Balaban J connectivity index is 1.76. The third kappa shape index (κ3) is 6.36. The number of fused-ring (bicyclic) bond motifs is 1. The van der Waals surface area contributed by atoms with Crippen molar-refractivity contribution >= 4 is 22.4 Å². The third-order valence-electron chi connectivity index (χ3n) is 6.22. The predicted molar refractivity (Wildman–Crippen MR) is 117 cm³/mol. The third-order valence-corrected chi connectivity index (χ3v) is 6.22. The van der Waals surface area contributed by atoms with Crippen LogP contribution < -0.4 is 4.74 Å². The minimum atomic E-state index is -4.18. The number of hydrogen-bond donors (Lipinski definition) is 0. The van der Waals surface area contributed by atoms with Crippen LogP contribution in [0.1, 0.15) is 63.9 Å². The van der Waals surface area contributed by atoms with E-state index in [4.69, 9.17) is 9.47 Å². The second-order valence-electron chi connectivity index (χ2n) is 8.56. The van der Waals surface area contributed by atoms with Crippen molar-refractivity contribution < 1.29 is 32.4 Å². The van der Waals surface area contributed by atoms with Gasteiger partial charge in [-0.05, 0) is 68.0 Å². The van der Waals surface area contributed by atoms with E-state index in [1.165, 1.54) is 6.07 Å². The van der Waals surface area contributed by atoms with E-state index in [0.29, 0.717) is 42.4 Å². The Morgan fingerprint density at radius 2 is 1.88 bits per heavy atom. The number of nitro benzene ring substituents is 1. The SMILES string of the molecule is CCOC(=O)CCC(C)c1cc([N+](=O)[O-])c2cc(O[C@H]3CC[C@@H](C(F)(F)F)CC3)ccc2c1. The molecule has 1 fully saturated rings. The number of nitrogens with zero attached hydrogens (tertiary/aromatic N) is 1. The number of hydrogen-bond acceptors (Lipinski definition) is 5. The van der Waals surface area contributed by atoms with E-state index in [0.717, 1.165) is 5.56 Å². The smallest absolute Gasteiger partial charge is 0.391 e. The highest BCUT2D eigenvalue weighted by molar-refractivity contribution is 5.92. The number of ether oxygens (including phenoxy) is 2. The minimum absolute atomic E-state index is 0.0228. The minimum Gasteiger partial charge on any atom is -0.490 e. The Morgan fingerprint density at radius 1 is 1.18 bits per heavy atom. The van der Waals surface area contributed by atoms with E-state index in [9.17, 15) is 28.1 Å². The Labute approximate surface area is 190 Å². The largest absolute Gasteiger partial charge is 0.490 e. The maximum atomic E-state index is 12.9. The molecule has 1 aliphatic rings. The van der Waals surface area contributed by atoms with Gasteiger partial charge in [0.15, 0.2) is 0 Å². The molecule has 1 unspecified atom stereocenters. The number of nitro groups is 1. The van der Waals surface area contributed by atoms with Gasteiger partial charge in [-0.15, -0.1) is 0 Å². The molecular weight excluding hydrogens is 439 g/mol. The summed E-state index contributed by atoms with van der Waals surface area (Å²) in [6.07, 6.45) is -3.17. The van der Waals surface area contributed by atoms with E-state index in [1.54, 1.807) is 25.1 Å². The first-order chi connectivity index (χ1) is 15.6. The second kappa shape index (κ2) is 10.4. The molecule has 1 aliphatic carbocycles. The van der Waals surface area contributed by atoms with E-state index in [2.05, 4.69) is 0 Å². The summed E-state index contributed by atoms with van der Waals surface area (Å²) in [6.45, 7) is 3.95. The Kier molecular flexibility index (Phi) is 7.81. The van der Waals surface area contributed by atoms with Gasteiger partial charge < -0.3 is 9.47 Å². The lowest BCUT2D eigenvalue weighted by Crippen LogP contribution is -2.31. The molecule has 0 amide bonds. The maximum absolute atomic E-state index is 12.9. The highest BCUT2D eigenvalue weighted by Gasteiger charge is 2.41. The zero-order valence-corrected chi connectivity index (χ0v) is 18.7. The van der Waals surface area contributed by atoms with Crippen molar-refractivity contribution in [3.63, 3.8) is 0 Å². The predicted octanol–water partition coefficient (Wildman–Crippen LogP) is 6.69. The van der Waals surface area contributed by atoms with Crippen LogP contribution in [-0.4, -0.2) is 29.8 Å². The lowest BCUT2D eigenvalue weighted by molar-refractivity contribution is -0.383. The Morgan fingerprint density at radius 3 is 2.48 bits per heavy atom. The van der Waals surface area contributed by atoms with Gasteiger partial charge in [-0.2, -0.15) is 13.2 Å². The summed E-state index contributed by atoms with van der Waals surface area (Å²) >= 11 is 0. The summed E-state index contributed by atoms with van der Waals surface area (Å²) in [4.78, 5) is 22.9. The molecule has 1 atom stereocenters. The number of non-ortho nitro benzene ring substituents is 1. The molecule has 0 aromatic heterocycles. The fourth-order valence-electron chi connectivity index (χ4n) is 4.28. The van der Waals surface area contributed by atoms with Crippen LogP contribution in [0.25, 0.3) is 10.8 Å². The molecule has 0 radical (unpaired) electrons. The highest BCUT2D eigenvalue weighted by Crippen LogP contribution is 2.39. The van der Waals surface area contributed by atoms with E-state index < -0.39 is 17.0 Å². The van der Waals surface area contributed by atoms with Crippen LogP contribution in [0, 0.1) is 16.0 Å². The molecule has 2 aromatic rings. The van der Waals surface area contributed by atoms with Gasteiger partial charge in [0, 0.05) is 12.5 Å². The first-order valence-electron chi connectivity index (χ1n) is 11.2. The fraction of sp³-hybridized carbons (Fsp3) is 0.542. The molecule has 0 spiro atoms. The maximum Gasteiger partial charge on any atom is 0.391 e. The molecule has 0 aliphatic heterocycles. The van der Waals surface area contributed by atoms with Crippen molar-refractivity contribution in [2.45, 2.75) is 70.6 Å². The average molecular weight is 467 g/mol. The standard InChI is InChI=1S/C24H28F3NO5/c1-3-32-23(29)11-4-15(2)17-12-16-5-8-20(14-21(16)22(13-17)28(30)31)33-19-9-6-18(7-10-19)24(25,26)27/h5,8,12-15,18-19H,3-4,6-7,9-11H2,1-2H3/t15?,18-,19+. The van der Waals surface area contributed by atoms with Crippen LogP contribution >= 0.6 is 0 Å². The van der Waals surface area contributed by atoms with Crippen molar-refractivity contribution in [1.82, 2.24) is 0 Å². The zero-order chi connectivity index (χ0) is 24.2. The summed E-state index contributed by atoms with van der Waals surface area (Å²) in [5, 5.41) is 12.8. The summed E-state index contributed by atoms with van der Waals surface area (Å²) in [5.41, 5.74) is 0.675. The number of rotatable bonds is 8. The fourth-order valence-corrected chi connectivity index (χ4v) is 4.28. The molecule has 33 heavy (non-hydrogen) atoms. The molecule has 6 nitrogen and oxygen atoms in total. The van der Waals surface area contributed by atoms with E-state index in [1.807, 2.05) is 13.0 Å². The first kappa shape index (κ1) is 24.8. The van der Waals surface area contributed by atoms with Crippen molar-refractivity contribution in [3.05, 3.63) is 46.0 Å². The number of carbonyl (C=O) groups is 1. The Hall–Kier alpha value is -2.84. The van der Waals surface area contributed by atoms with Crippen molar-refractivity contribution in [2.75, 3.05) is 6.61 Å². The van der Waals surface area contributed by atoms with Crippen molar-refractivity contribution in [1.29, 1.82) is 0 Å². The van der Waals surface area contributed by atoms with Crippen molar-refractivity contribution in [2.24, 2.45) is 5.92 Å². The number of alkyl halides is 3. The topological polar surface area (TPSA) is 78.7 Å². The van der Waals surface area contributed by atoms with E-state index >= 15 is 0 Å². The Bertz CT molecular complexity index is 999. The molecule has 180 valence electrons. The second-order valence-corrected chi connectivity index (χ2v) is 8.56. The molecule has 9 heteroatoms. The lowest BCUT2D eigenvalue weighted by atomic mass is 9.87. The molecule has 0 bridgehead atoms. The van der Waals surface area contributed by atoms with Crippen LogP contribution in [0.3, 0.4) is 0 Å². The van der Waals surface area contributed by atoms with Gasteiger partial charge in [-0.25, -0.2) is 0 Å². The van der Waals surface area contributed by atoms with Gasteiger partial charge >= 0.3 is 12.1 Å². The highest BCUT2D eigenvalue weighted by atomic mass is 19.4. The van der Waals surface area contributed by atoms with Crippen LogP contribution in [0.15, 0.2) is 30.3 Å². The number of benzene rings is 2. The first-order valence-corrected chi connectivity index (χ1v) is 11.2. The summed E-state index contributed by atoms with van der Waals surface area (Å²) in [6, 6.07) is 8.36. The molecule has 2 aromatic carbocycles. The lowest BCUT2D eigenvalue weighted by Gasteiger charge is -2.30. The molecular formula is C24H28F3NO5. The molecule has 0 heterocycles. The molecule has 3 rings (SSSR count). The van der Waals surface area contributed by atoms with Gasteiger partial charge in [-0.3, -0.25) is 14.9 Å². The summed E-state index contributed by atoms with van der Waals surface area (Å²) in [7, 11) is 0. The average Bonchev–Trinajstić information content (AvgIpc) is 2.76. The quantitative estimate of drug-likeness (QED) is 0.245. The van der Waals surface area contributed by atoms with Crippen LogP contribution in [-0.2, 0) is 9.53 Å². The van der Waals surface area contributed by atoms with Gasteiger partial charge in [0.1, 0.15) is 5.75 Å². The van der Waals surface area contributed by atoms with Gasteiger partial charge in [-0.1, -0.05) is 19.1 Å². The van der Waals surface area contributed by atoms with Gasteiger partial charge in [0.25, 0.3) is 5.69 Å². The molecule has 0 saturated heterocycles. The van der Waals surface area contributed by atoms with Crippen LogP contribution in [0.2, 0.25) is 0 Å². The monoisotopic (exact) mass is 467 g/mol. The summed E-state index contributed by atoms with van der Waals surface area (Å²) in [5.74, 6) is -1.27. The number of halogens is 3. The summed E-state index contributed by atoms with van der Waals surface area (Å²) < 4.78 is 49.4. The molecule has 1 saturated carbocycles. The number of esters is 1. The normalized spacial score (nSPS) is 19.8.